The molecule has 1 atom stereocenters. The molecule has 0 radical (unpaired) electrons. The summed E-state index contributed by atoms with van der Waals surface area (Å²) in [7, 11) is 0. The maximum Gasteiger partial charge on any atom is 0.324 e. The quantitative estimate of drug-likeness (QED) is 0.434. The van der Waals surface area contributed by atoms with E-state index < -0.39 is 17.8 Å². The topological polar surface area (TPSA) is 98.9 Å². The van der Waals surface area contributed by atoms with E-state index in [0.29, 0.717) is 19.5 Å². The second-order valence-electron chi connectivity index (χ2n) is 3.38. The highest BCUT2D eigenvalue weighted by Gasteiger charge is 2.37. The highest BCUT2D eigenvalue weighted by molar-refractivity contribution is 5.81. The molecule has 0 aromatic heterocycles. The van der Waals surface area contributed by atoms with Gasteiger partial charge in [0.15, 0.2) is 6.29 Å². The van der Waals surface area contributed by atoms with Gasteiger partial charge in [-0.05, 0) is 13.8 Å². The molecule has 16 heavy (non-hydrogen) atoms. The molecule has 0 rings (SSSR count). The molecule has 0 saturated heterocycles. The molecule has 0 aliphatic rings. The van der Waals surface area contributed by atoms with Gasteiger partial charge in [-0.15, -0.1) is 0 Å². The third-order valence-electron chi connectivity index (χ3n) is 2.11. The van der Waals surface area contributed by atoms with E-state index in [1.807, 2.05) is 0 Å². The fraction of sp³-hybridized carbons (Fsp3) is 0.800. The SMILES string of the molecule is CCOC(CC(N)(CC=O)C(=O)O)OCC. The predicted octanol–water partition coefficient (Wildman–Crippen LogP) is 0.147. The van der Waals surface area contributed by atoms with Gasteiger partial charge in [-0.1, -0.05) is 0 Å². The number of hydrogen-bond acceptors (Lipinski definition) is 5. The van der Waals surface area contributed by atoms with Crippen molar-refractivity contribution in [1.82, 2.24) is 0 Å². The van der Waals surface area contributed by atoms with Crippen molar-refractivity contribution in [3.63, 3.8) is 0 Å². The standard InChI is InChI=1S/C10H19NO5/c1-3-15-8(16-4-2)7-10(11,5-6-12)9(13)14/h6,8H,3-5,7,11H2,1-2H3,(H,13,14). The molecular formula is C10H19NO5. The Kier molecular flexibility index (Phi) is 6.87. The van der Waals surface area contributed by atoms with Gasteiger partial charge in [-0.2, -0.15) is 0 Å². The first-order chi connectivity index (χ1) is 7.50. The third-order valence-corrected chi connectivity index (χ3v) is 2.11. The minimum absolute atomic E-state index is 0.0528. The van der Waals surface area contributed by atoms with E-state index in [-0.39, 0.29) is 12.8 Å². The van der Waals surface area contributed by atoms with Gasteiger partial charge in [0.05, 0.1) is 0 Å². The summed E-state index contributed by atoms with van der Waals surface area (Å²) in [4.78, 5) is 21.4. The molecule has 94 valence electrons. The number of carbonyl (C=O) groups is 2. The molecule has 0 saturated carbocycles. The van der Waals surface area contributed by atoms with E-state index in [4.69, 9.17) is 20.3 Å². The Morgan fingerprint density at radius 2 is 1.94 bits per heavy atom. The van der Waals surface area contributed by atoms with Gasteiger partial charge in [0, 0.05) is 26.1 Å². The van der Waals surface area contributed by atoms with Crippen LogP contribution < -0.4 is 5.73 Å². The summed E-state index contributed by atoms with van der Waals surface area (Å²) in [6, 6.07) is 0. The van der Waals surface area contributed by atoms with Crippen molar-refractivity contribution in [2.75, 3.05) is 13.2 Å². The van der Waals surface area contributed by atoms with E-state index in [0.717, 1.165) is 0 Å². The monoisotopic (exact) mass is 233 g/mol. The first-order valence-corrected chi connectivity index (χ1v) is 5.19. The number of carboxylic acid groups (broad SMARTS) is 1. The molecule has 6 nitrogen and oxygen atoms in total. The number of ether oxygens (including phenoxy) is 2. The van der Waals surface area contributed by atoms with Crippen molar-refractivity contribution in [3.8, 4) is 0 Å². The first-order valence-electron chi connectivity index (χ1n) is 5.19. The molecule has 1 unspecified atom stereocenters. The zero-order chi connectivity index (χ0) is 12.6. The number of carboxylic acids is 1. The summed E-state index contributed by atoms with van der Waals surface area (Å²) in [5.74, 6) is -1.23. The number of hydrogen-bond donors (Lipinski definition) is 2. The van der Waals surface area contributed by atoms with Gasteiger partial charge in [0.2, 0.25) is 0 Å². The lowest BCUT2D eigenvalue weighted by atomic mass is 9.93. The highest BCUT2D eigenvalue weighted by Crippen LogP contribution is 2.17. The normalized spacial score (nSPS) is 14.8. The number of aliphatic carboxylic acids is 1. The van der Waals surface area contributed by atoms with Gasteiger partial charge in [0.25, 0.3) is 0 Å². The van der Waals surface area contributed by atoms with Crippen molar-refractivity contribution >= 4 is 12.3 Å². The van der Waals surface area contributed by atoms with Gasteiger partial charge in [0.1, 0.15) is 11.8 Å². The summed E-state index contributed by atoms with van der Waals surface area (Å²) in [5, 5.41) is 8.95. The Morgan fingerprint density at radius 1 is 1.44 bits per heavy atom. The maximum atomic E-state index is 11.0. The Balaban J connectivity index is 4.55. The van der Waals surface area contributed by atoms with Gasteiger partial charge < -0.3 is 25.1 Å². The van der Waals surface area contributed by atoms with Crippen LogP contribution in [-0.4, -0.2) is 42.4 Å². The Morgan fingerprint density at radius 3 is 2.25 bits per heavy atom. The van der Waals surface area contributed by atoms with Crippen LogP contribution in [0.5, 0.6) is 0 Å². The average molecular weight is 233 g/mol. The summed E-state index contributed by atoms with van der Waals surface area (Å²) < 4.78 is 10.4. The van der Waals surface area contributed by atoms with Crippen LogP contribution in [0.25, 0.3) is 0 Å². The Hall–Kier alpha value is -0.980. The Labute approximate surface area is 94.7 Å². The number of rotatable bonds is 9. The molecule has 0 spiro atoms. The summed E-state index contributed by atoms with van der Waals surface area (Å²) in [5.41, 5.74) is 3.99. The fourth-order valence-corrected chi connectivity index (χ4v) is 1.24. The molecular weight excluding hydrogens is 214 g/mol. The summed E-state index contributed by atoms with van der Waals surface area (Å²) in [6.07, 6.45) is -0.527. The number of nitrogens with two attached hydrogens (primary N) is 1. The lowest BCUT2D eigenvalue weighted by molar-refractivity contribution is -0.164. The lowest BCUT2D eigenvalue weighted by Gasteiger charge is -2.27. The molecule has 0 bridgehead atoms. The fourth-order valence-electron chi connectivity index (χ4n) is 1.24. The Bertz CT molecular complexity index is 227. The predicted molar refractivity (Wildman–Crippen MR) is 56.9 cm³/mol. The number of aldehydes is 1. The molecule has 0 aliphatic carbocycles. The largest absolute Gasteiger partial charge is 0.480 e. The highest BCUT2D eigenvalue weighted by atomic mass is 16.7. The molecule has 0 fully saturated rings. The van der Waals surface area contributed by atoms with Gasteiger partial charge in [-0.25, -0.2) is 0 Å². The summed E-state index contributed by atoms with van der Waals surface area (Å²) in [6.45, 7) is 4.32. The molecule has 0 aromatic carbocycles. The molecule has 0 aromatic rings. The second kappa shape index (κ2) is 7.32. The smallest absolute Gasteiger partial charge is 0.324 e. The van der Waals surface area contributed by atoms with Crippen LogP contribution in [0.2, 0.25) is 0 Å². The molecule has 0 aliphatic heterocycles. The average Bonchev–Trinajstić information content (AvgIpc) is 2.18. The van der Waals surface area contributed by atoms with Crippen LogP contribution in [0.1, 0.15) is 26.7 Å². The molecule has 6 heteroatoms. The van der Waals surface area contributed by atoms with E-state index in [1.54, 1.807) is 13.8 Å². The van der Waals surface area contributed by atoms with E-state index in [1.165, 1.54) is 0 Å². The van der Waals surface area contributed by atoms with E-state index in [2.05, 4.69) is 0 Å². The van der Waals surface area contributed by atoms with Crippen molar-refractivity contribution in [2.45, 2.75) is 38.5 Å². The minimum atomic E-state index is -1.63. The summed E-state index contributed by atoms with van der Waals surface area (Å²) >= 11 is 0. The molecule has 0 heterocycles. The van der Waals surface area contributed by atoms with Crippen molar-refractivity contribution in [3.05, 3.63) is 0 Å². The van der Waals surface area contributed by atoms with E-state index >= 15 is 0 Å². The molecule has 3 N–H and O–H groups in total. The zero-order valence-electron chi connectivity index (χ0n) is 9.64. The van der Waals surface area contributed by atoms with Crippen LogP contribution in [0, 0.1) is 0 Å². The zero-order valence-corrected chi connectivity index (χ0v) is 9.64. The third kappa shape index (κ3) is 4.69. The van der Waals surface area contributed by atoms with Crippen LogP contribution >= 0.6 is 0 Å². The van der Waals surface area contributed by atoms with Crippen molar-refractivity contribution in [1.29, 1.82) is 0 Å². The van der Waals surface area contributed by atoms with Crippen molar-refractivity contribution in [2.24, 2.45) is 5.73 Å². The molecule has 0 amide bonds. The van der Waals surface area contributed by atoms with Crippen LogP contribution in [0.3, 0.4) is 0 Å². The number of carbonyl (C=O) groups excluding carboxylic acids is 1. The van der Waals surface area contributed by atoms with E-state index in [9.17, 15) is 9.59 Å². The van der Waals surface area contributed by atoms with Crippen LogP contribution in [0.4, 0.5) is 0 Å². The maximum absolute atomic E-state index is 11.0. The first kappa shape index (κ1) is 15.0. The van der Waals surface area contributed by atoms with Crippen LogP contribution in [0.15, 0.2) is 0 Å². The van der Waals surface area contributed by atoms with Crippen LogP contribution in [-0.2, 0) is 19.1 Å². The lowest BCUT2D eigenvalue weighted by Crippen LogP contribution is -2.51. The second-order valence-corrected chi connectivity index (χ2v) is 3.38. The minimum Gasteiger partial charge on any atom is -0.480 e. The van der Waals surface area contributed by atoms with Gasteiger partial charge in [-0.3, -0.25) is 4.79 Å². The van der Waals surface area contributed by atoms with Crippen molar-refractivity contribution < 1.29 is 24.2 Å². The van der Waals surface area contributed by atoms with Gasteiger partial charge >= 0.3 is 5.97 Å².